The Morgan fingerprint density at radius 1 is 1.07 bits per heavy atom. The zero-order valence-electron chi connectivity index (χ0n) is 13.7. The highest BCUT2D eigenvalue weighted by molar-refractivity contribution is 6.31. The van der Waals surface area contributed by atoms with Crippen LogP contribution in [0.2, 0.25) is 10.0 Å². The van der Waals surface area contributed by atoms with Gasteiger partial charge in [0, 0.05) is 28.7 Å². The molecule has 1 heterocycles. The van der Waals surface area contributed by atoms with Crippen LogP contribution in [-0.2, 0) is 15.8 Å². The first-order valence-electron chi connectivity index (χ1n) is 7.88. The van der Waals surface area contributed by atoms with E-state index in [0.717, 1.165) is 12.1 Å². The van der Waals surface area contributed by atoms with Crippen molar-refractivity contribution in [2.75, 3.05) is 16.8 Å². The summed E-state index contributed by atoms with van der Waals surface area (Å²) in [5, 5.41) is 2.68. The molecular weight excluding hydrogens is 404 g/mol. The number of hydrogen-bond donors (Lipinski definition) is 1. The van der Waals surface area contributed by atoms with Crippen molar-refractivity contribution in [3.05, 3.63) is 58.1 Å². The highest BCUT2D eigenvalue weighted by atomic mass is 35.5. The van der Waals surface area contributed by atoms with Gasteiger partial charge in [0.25, 0.3) is 0 Å². The first kappa shape index (κ1) is 19.5. The van der Waals surface area contributed by atoms with Crippen LogP contribution in [0.25, 0.3) is 0 Å². The van der Waals surface area contributed by atoms with Gasteiger partial charge in [-0.3, -0.25) is 9.59 Å². The predicted molar refractivity (Wildman–Crippen MR) is 97.0 cm³/mol. The molecule has 0 aromatic heterocycles. The van der Waals surface area contributed by atoms with Gasteiger partial charge < -0.3 is 10.2 Å². The largest absolute Gasteiger partial charge is 0.418 e. The van der Waals surface area contributed by atoms with Crippen molar-refractivity contribution in [1.29, 1.82) is 0 Å². The molecule has 2 aromatic carbocycles. The third-order valence-corrected chi connectivity index (χ3v) is 4.67. The Balaban J connectivity index is 1.76. The van der Waals surface area contributed by atoms with Gasteiger partial charge in [-0.1, -0.05) is 23.2 Å². The summed E-state index contributed by atoms with van der Waals surface area (Å²) in [6, 6.07) is 9.60. The number of benzene rings is 2. The Kier molecular flexibility index (Phi) is 5.35. The molecule has 1 saturated heterocycles. The maximum absolute atomic E-state index is 13.2. The summed E-state index contributed by atoms with van der Waals surface area (Å²) in [6.45, 7) is 0.0707. The number of amides is 2. The topological polar surface area (TPSA) is 49.4 Å². The lowest BCUT2D eigenvalue weighted by atomic mass is 10.1. The van der Waals surface area contributed by atoms with E-state index in [-0.39, 0.29) is 23.9 Å². The molecule has 0 bridgehead atoms. The van der Waals surface area contributed by atoms with Crippen molar-refractivity contribution in [3.63, 3.8) is 0 Å². The third-order valence-electron chi connectivity index (χ3n) is 4.18. The third kappa shape index (κ3) is 4.36. The summed E-state index contributed by atoms with van der Waals surface area (Å²) in [5.74, 6) is -1.72. The van der Waals surface area contributed by atoms with Gasteiger partial charge in [0.05, 0.1) is 17.2 Å². The lowest BCUT2D eigenvalue weighted by Gasteiger charge is -2.18. The number of anilines is 2. The van der Waals surface area contributed by atoms with Gasteiger partial charge in [-0.2, -0.15) is 13.2 Å². The summed E-state index contributed by atoms with van der Waals surface area (Å²) >= 11 is 11.4. The van der Waals surface area contributed by atoms with E-state index in [1.807, 2.05) is 0 Å². The second-order valence-corrected chi connectivity index (χ2v) is 6.93. The van der Waals surface area contributed by atoms with Gasteiger partial charge in [-0.25, -0.2) is 0 Å². The fraction of sp³-hybridized carbons (Fsp3) is 0.222. The van der Waals surface area contributed by atoms with Gasteiger partial charge in [0.15, 0.2) is 0 Å². The number of alkyl halides is 3. The number of rotatable bonds is 3. The Labute approximate surface area is 162 Å². The molecule has 1 N–H and O–H groups in total. The first-order chi connectivity index (χ1) is 12.6. The number of carbonyl (C=O) groups excluding carboxylic acids is 2. The minimum Gasteiger partial charge on any atom is -0.325 e. The minimum atomic E-state index is -4.67. The standard InChI is InChI=1S/C18H13Cl2F3N2O2/c19-11-1-4-13(5-2-11)25-9-10(7-16(25)26)17(27)24-15-6-3-12(20)8-14(15)18(21,22)23/h1-6,8,10H,7,9H2,(H,24,27)/t10-/m1/s1. The Bertz CT molecular complexity index is 885. The van der Waals surface area contributed by atoms with E-state index in [1.165, 1.54) is 11.0 Å². The van der Waals surface area contributed by atoms with Crippen LogP contribution in [0.1, 0.15) is 12.0 Å². The molecule has 0 aliphatic carbocycles. The van der Waals surface area contributed by atoms with Gasteiger partial charge in [0.1, 0.15) is 0 Å². The maximum Gasteiger partial charge on any atom is 0.418 e. The molecule has 0 spiro atoms. The zero-order chi connectivity index (χ0) is 19.8. The molecule has 1 atom stereocenters. The van der Waals surface area contributed by atoms with E-state index >= 15 is 0 Å². The summed E-state index contributed by atoms with van der Waals surface area (Å²) in [7, 11) is 0. The fourth-order valence-electron chi connectivity index (χ4n) is 2.85. The number of hydrogen-bond acceptors (Lipinski definition) is 2. The summed E-state index contributed by atoms with van der Waals surface area (Å²) in [5.41, 5.74) is -0.862. The van der Waals surface area contributed by atoms with Gasteiger partial charge in [0.2, 0.25) is 11.8 Å². The quantitative estimate of drug-likeness (QED) is 0.764. The molecule has 4 nitrogen and oxygen atoms in total. The molecule has 2 aromatic rings. The number of halogens is 5. The molecule has 0 unspecified atom stereocenters. The van der Waals surface area contributed by atoms with E-state index in [1.54, 1.807) is 24.3 Å². The zero-order valence-corrected chi connectivity index (χ0v) is 15.2. The molecule has 3 rings (SSSR count). The SMILES string of the molecule is O=C(Nc1ccc(Cl)cc1C(F)(F)F)[C@@H]1CC(=O)N(c2ccc(Cl)cc2)C1. The molecule has 142 valence electrons. The molecule has 2 amide bonds. The van der Waals surface area contributed by atoms with Crippen molar-refractivity contribution >= 4 is 46.4 Å². The molecular formula is C18H13Cl2F3N2O2. The summed E-state index contributed by atoms with van der Waals surface area (Å²) < 4.78 is 39.5. The van der Waals surface area contributed by atoms with Crippen LogP contribution >= 0.6 is 23.2 Å². The van der Waals surface area contributed by atoms with Gasteiger partial charge in [-0.05, 0) is 42.5 Å². The Morgan fingerprint density at radius 2 is 1.70 bits per heavy atom. The molecule has 1 aliphatic rings. The number of nitrogens with zero attached hydrogens (tertiary/aromatic N) is 1. The minimum absolute atomic E-state index is 0.0707. The van der Waals surface area contributed by atoms with Crippen LogP contribution in [0.15, 0.2) is 42.5 Å². The average molecular weight is 417 g/mol. The van der Waals surface area contributed by atoms with Crippen molar-refractivity contribution in [2.45, 2.75) is 12.6 Å². The second-order valence-electron chi connectivity index (χ2n) is 6.06. The lowest BCUT2D eigenvalue weighted by Crippen LogP contribution is -2.28. The van der Waals surface area contributed by atoms with Crippen LogP contribution in [0.5, 0.6) is 0 Å². The van der Waals surface area contributed by atoms with Crippen molar-refractivity contribution in [2.24, 2.45) is 5.92 Å². The first-order valence-corrected chi connectivity index (χ1v) is 8.64. The summed E-state index contributed by atoms with van der Waals surface area (Å²) in [4.78, 5) is 26.1. The predicted octanol–water partition coefficient (Wildman–Crippen LogP) is 5.00. The van der Waals surface area contributed by atoms with Crippen LogP contribution in [0, 0.1) is 5.92 Å². The van der Waals surface area contributed by atoms with E-state index < -0.39 is 29.3 Å². The van der Waals surface area contributed by atoms with Crippen LogP contribution < -0.4 is 10.2 Å². The smallest absolute Gasteiger partial charge is 0.325 e. The van der Waals surface area contributed by atoms with E-state index in [9.17, 15) is 22.8 Å². The molecule has 1 aliphatic heterocycles. The van der Waals surface area contributed by atoms with Crippen molar-refractivity contribution < 1.29 is 22.8 Å². The average Bonchev–Trinajstić information content (AvgIpc) is 2.98. The fourth-order valence-corrected chi connectivity index (χ4v) is 3.15. The lowest BCUT2D eigenvalue weighted by molar-refractivity contribution is -0.137. The molecule has 0 saturated carbocycles. The normalized spacial score (nSPS) is 17.3. The van der Waals surface area contributed by atoms with E-state index in [2.05, 4.69) is 5.32 Å². The Hall–Kier alpha value is -2.25. The maximum atomic E-state index is 13.2. The van der Waals surface area contributed by atoms with Crippen molar-refractivity contribution in [3.8, 4) is 0 Å². The second kappa shape index (κ2) is 7.40. The highest BCUT2D eigenvalue weighted by Gasteiger charge is 2.38. The number of carbonyl (C=O) groups is 2. The number of nitrogens with one attached hydrogen (secondary N) is 1. The van der Waals surface area contributed by atoms with Crippen molar-refractivity contribution in [1.82, 2.24) is 0 Å². The van der Waals surface area contributed by atoms with E-state index in [4.69, 9.17) is 23.2 Å². The van der Waals surface area contributed by atoms with E-state index in [0.29, 0.717) is 10.7 Å². The Morgan fingerprint density at radius 3 is 2.33 bits per heavy atom. The summed E-state index contributed by atoms with van der Waals surface area (Å²) in [6.07, 6.45) is -4.77. The van der Waals surface area contributed by atoms with Gasteiger partial charge in [-0.15, -0.1) is 0 Å². The molecule has 9 heteroatoms. The van der Waals surface area contributed by atoms with Crippen LogP contribution in [0.3, 0.4) is 0 Å². The monoisotopic (exact) mass is 416 g/mol. The van der Waals surface area contributed by atoms with Crippen LogP contribution in [-0.4, -0.2) is 18.4 Å². The van der Waals surface area contributed by atoms with Crippen LogP contribution in [0.4, 0.5) is 24.5 Å². The molecule has 1 fully saturated rings. The molecule has 0 radical (unpaired) electrons. The molecule has 27 heavy (non-hydrogen) atoms. The van der Waals surface area contributed by atoms with Gasteiger partial charge >= 0.3 is 6.18 Å². The highest BCUT2D eigenvalue weighted by Crippen LogP contribution is 2.37.